The van der Waals surface area contributed by atoms with Crippen molar-refractivity contribution >= 4 is 65.4 Å². The summed E-state index contributed by atoms with van der Waals surface area (Å²) in [5.74, 6) is 0. The fraction of sp³-hybridized carbons (Fsp3) is 0. The van der Waals surface area contributed by atoms with Crippen LogP contribution in [0.4, 0.5) is 0 Å². The van der Waals surface area contributed by atoms with E-state index in [0.717, 1.165) is 17.1 Å². The topological polar surface area (TPSA) is 14.8 Å². The van der Waals surface area contributed by atoms with Gasteiger partial charge in [0.15, 0.2) is 0 Å². The maximum Gasteiger partial charge on any atom is 0.0782 e. The molecule has 3 heteroatoms. The Morgan fingerprint density at radius 2 is 0.510 bits per heavy atom. The van der Waals surface area contributed by atoms with E-state index in [1.807, 2.05) is 0 Å². The molecule has 0 unspecified atom stereocenters. The Morgan fingerprint density at radius 3 is 0.941 bits per heavy atom. The van der Waals surface area contributed by atoms with E-state index in [0.29, 0.717) is 0 Å². The van der Waals surface area contributed by atoms with Gasteiger partial charge in [-0.05, 0) is 48.5 Å². The molecule has 0 saturated carbocycles. The molecule has 0 aliphatic heterocycles. The summed E-state index contributed by atoms with van der Waals surface area (Å²) >= 11 is 0. The molecule has 0 N–H and O–H groups in total. The second-order valence-corrected chi connectivity index (χ2v) is 13.3. The van der Waals surface area contributed by atoms with Gasteiger partial charge in [0.2, 0.25) is 0 Å². The lowest BCUT2D eigenvalue weighted by molar-refractivity contribution is 1.09. The van der Waals surface area contributed by atoms with E-state index < -0.39 is 0 Å². The Bertz CT molecular complexity index is 2990. The van der Waals surface area contributed by atoms with E-state index in [4.69, 9.17) is 0 Å². The number of fused-ring (bicyclic) bond motifs is 9. The minimum absolute atomic E-state index is 1.13. The molecule has 0 spiro atoms. The van der Waals surface area contributed by atoms with Crippen LogP contribution < -0.4 is 0 Å². The van der Waals surface area contributed by atoms with Crippen molar-refractivity contribution in [2.45, 2.75) is 0 Å². The maximum atomic E-state index is 2.50. The third kappa shape index (κ3) is 3.94. The number of rotatable bonds is 4. The summed E-state index contributed by atoms with van der Waals surface area (Å²) < 4.78 is 7.42. The highest BCUT2D eigenvalue weighted by molar-refractivity contribution is 6.13. The van der Waals surface area contributed by atoms with Crippen LogP contribution in [0.25, 0.3) is 93.6 Å². The first-order valence-corrected chi connectivity index (χ1v) is 17.5. The van der Waals surface area contributed by atoms with Crippen molar-refractivity contribution < 1.29 is 0 Å². The van der Waals surface area contributed by atoms with Gasteiger partial charge in [0.1, 0.15) is 0 Å². The van der Waals surface area contributed by atoms with E-state index in [1.54, 1.807) is 0 Å². The Kier molecular flexibility index (Phi) is 5.96. The highest BCUT2D eigenvalue weighted by Crippen LogP contribution is 2.44. The highest BCUT2D eigenvalue weighted by Gasteiger charge is 2.24. The van der Waals surface area contributed by atoms with E-state index in [2.05, 4.69) is 202 Å². The Labute approximate surface area is 294 Å². The second kappa shape index (κ2) is 10.8. The first kappa shape index (κ1) is 28.0. The smallest absolute Gasteiger partial charge is 0.0782 e. The lowest BCUT2D eigenvalue weighted by atomic mass is 9.99. The summed E-state index contributed by atoms with van der Waals surface area (Å²) in [4.78, 5) is 0. The van der Waals surface area contributed by atoms with Crippen molar-refractivity contribution in [2.24, 2.45) is 0 Å². The number of hydrogen-bond donors (Lipinski definition) is 0. The lowest BCUT2D eigenvalue weighted by Crippen LogP contribution is -2.07. The zero-order chi connectivity index (χ0) is 33.5. The Balaban J connectivity index is 1.33. The predicted molar refractivity (Wildman–Crippen MR) is 215 cm³/mol. The van der Waals surface area contributed by atoms with Crippen molar-refractivity contribution in [1.29, 1.82) is 0 Å². The van der Waals surface area contributed by atoms with Crippen LogP contribution in [0, 0.1) is 0 Å². The highest BCUT2D eigenvalue weighted by atomic mass is 15.1. The van der Waals surface area contributed by atoms with Crippen molar-refractivity contribution in [3.8, 4) is 28.2 Å². The lowest BCUT2D eigenvalue weighted by Gasteiger charge is -2.22. The molecular formula is C48H31N3. The monoisotopic (exact) mass is 649 g/mol. The van der Waals surface area contributed by atoms with Crippen LogP contribution in [0.2, 0.25) is 0 Å². The van der Waals surface area contributed by atoms with Crippen LogP contribution in [-0.2, 0) is 0 Å². The molecule has 11 rings (SSSR count). The van der Waals surface area contributed by atoms with Crippen molar-refractivity contribution in [2.75, 3.05) is 0 Å². The average molecular weight is 650 g/mol. The average Bonchev–Trinajstić information content (AvgIpc) is 3.83. The standard InChI is InChI=1S/C48H31N3/c1-8-24-40-32(16-1)33-17-2-9-25-41(33)49(40)44-28-12-7-22-38(44)39-23-15-31-47(50-42-26-10-3-18-34(42)35-19-4-11-27-43(35)50)48(39)51-45-29-13-5-20-36(45)37-21-6-14-30-46(37)51/h1-31H. The number of hydrogen-bond acceptors (Lipinski definition) is 0. The third-order valence-electron chi connectivity index (χ3n) is 10.7. The molecule has 11 aromatic rings. The van der Waals surface area contributed by atoms with Gasteiger partial charge in [-0.25, -0.2) is 0 Å². The van der Waals surface area contributed by atoms with Crippen LogP contribution in [0.5, 0.6) is 0 Å². The minimum Gasteiger partial charge on any atom is -0.309 e. The summed E-state index contributed by atoms with van der Waals surface area (Å²) in [6.45, 7) is 0. The van der Waals surface area contributed by atoms with Gasteiger partial charge in [-0.1, -0.05) is 140 Å². The summed E-state index contributed by atoms with van der Waals surface area (Å²) in [6, 6.07) is 68.5. The van der Waals surface area contributed by atoms with Crippen LogP contribution in [0.1, 0.15) is 0 Å². The molecule has 0 radical (unpaired) electrons. The Hall–Kier alpha value is -6.84. The van der Waals surface area contributed by atoms with E-state index in [9.17, 15) is 0 Å². The summed E-state index contributed by atoms with van der Waals surface area (Å²) in [5.41, 5.74) is 12.9. The SMILES string of the molecule is c1ccc(-n2c3ccccc3c3ccccc32)c(-c2cccc(-n3c4ccccc4c4ccccc43)c2-n2c3ccccc3c3ccccc32)c1. The zero-order valence-electron chi connectivity index (χ0n) is 27.7. The van der Waals surface area contributed by atoms with Gasteiger partial charge in [0, 0.05) is 43.4 Å². The molecule has 8 aromatic carbocycles. The van der Waals surface area contributed by atoms with Crippen LogP contribution >= 0.6 is 0 Å². The van der Waals surface area contributed by atoms with E-state index in [-0.39, 0.29) is 0 Å². The Morgan fingerprint density at radius 1 is 0.216 bits per heavy atom. The number of nitrogens with zero attached hydrogens (tertiary/aromatic N) is 3. The quantitative estimate of drug-likeness (QED) is 0.180. The molecule has 51 heavy (non-hydrogen) atoms. The normalized spacial score (nSPS) is 11.9. The number of aromatic nitrogens is 3. The molecule has 0 fully saturated rings. The molecule has 3 heterocycles. The van der Waals surface area contributed by atoms with Crippen LogP contribution in [-0.4, -0.2) is 13.7 Å². The molecule has 0 aliphatic rings. The second-order valence-electron chi connectivity index (χ2n) is 13.3. The van der Waals surface area contributed by atoms with Gasteiger partial charge >= 0.3 is 0 Å². The van der Waals surface area contributed by atoms with Crippen LogP contribution in [0.3, 0.4) is 0 Å². The van der Waals surface area contributed by atoms with Crippen molar-refractivity contribution in [3.63, 3.8) is 0 Å². The number of para-hydroxylation sites is 8. The molecule has 0 aliphatic carbocycles. The summed E-state index contributed by atoms with van der Waals surface area (Å²) in [6.07, 6.45) is 0. The predicted octanol–water partition coefficient (Wildman–Crippen LogP) is 12.6. The fourth-order valence-corrected chi connectivity index (χ4v) is 8.59. The van der Waals surface area contributed by atoms with E-state index >= 15 is 0 Å². The molecule has 0 saturated heterocycles. The molecule has 0 amide bonds. The van der Waals surface area contributed by atoms with Gasteiger partial charge < -0.3 is 13.7 Å². The molecule has 3 nitrogen and oxygen atoms in total. The van der Waals surface area contributed by atoms with Gasteiger partial charge in [-0.2, -0.15) is 0 Å². The first-order valence-electron chi connectivity index (χ1n) is 17.5. The van der Waals surface area contributed by atoms with Crippen molar-refractivity contribution in [1.82, 2.24) is 13.7 Å². The van der Waals surface area contributed by atoms with Gasteiger partial charge in [-0.3, -0.25) is 0 Å². The summed E-state index contributed by atoms with van der Waals surface area (Å²) in [5, 5.41) is 7.49. The molecular weight excluding hydrogens is 619 g/mol. The zero-order valence-corrected chi connectivity index (χ0v) is 27.7. The molecule has 0 atom stereocenters. The van der Waals surface area contributed by atoms with Gasteiger partial charge in [0.25, 0.3) is 0 Å². The fourth-order valence-electron chi connectivity index (χ4n) is 8.59. The number of benzene rings is 8. The molecule has 238 valence electrons. The van der Waals surface area contributed by atoms with E-state index in [1.165, 1.54) is 76.5 Å². The third-order valence-corrected chi connectivity index (χ3v) is 10.7. The van der Waals surface area contributed by atoms with Crippen LogP contribution in [0.15, 0.2) is 188 Å². The first-order chi connectivity index (χ1) is 25.4. The summed E-state index contributed by atoms with van der Waals surface area (Å²) in [7, 11) is 0. The largest absolute Gasteiger partial charge is 0.309 e. The minimum atomic E-state index is 1.13. The van der Waals surface area contributed by atoms with Gasteiger partial charge in [0.05, 0.1) is 50.2 Å². The van der Waals surface area contributed by atoms with Crippen molar-refractivity contribution in [3.05, 3.63) is 188 Å². The molecule has 3 aromatic heterocycles. The molecule has 0 bridgehead atoms. The maximum absolute atomic E-state index is 2.50. The van der Waals surface area contributed by atoms with Gasteiger partial charge in [-0.15, -0.1) is 0 Å².